The van der Waals surface area contributed by atoms with Gasteiger partial charge in [0.05, 0.1) is 24.2 Å². The SMILES string of the molecule is CCOC(=O)C(C#N)C(CS(=O)(=O)Cc1ccc(Cl)cc1)c1ccccc1. The minimum atomic E-state index is -3.60. The van der Waals surface area contributed by atoms with Gasteiger partial charge in [-0.1, -0.05) is 54.1 Å². The molecule has 0 bridgehead atoms. The van der Waals surface area contributed by atoms with E-state index < -0.39 is 27.6 Å². The van der Waals surface area contributed by atoms with Crippen LogP contribution in [0.25, 0.3) is 0 Å². The van der Waals surface area contributed by atoms with Crippen LogP contribution in [-0.4, -0.2) is 26.7 Å². The first kappa shape index (κ1) is 20.9. The number of hydrogen-bond donors (Lipinski definition) is 0. The average molecular weight is 406 g/mol. The Labute approximate surface area is 164 Å². The molecule has 0 amide bonds. The Bertz CT molecular complexity index is 905. The van der Waals surface area contributed by atoms with Crippen LogP contribution in [0.4, 0.5) is 0 Å². The molecule has 2 aromatic rings. The average Bonchev–Trinajstić information content (AvgIpc) is 2.64. The third-order valence-electron chi connectivity index (χ3n) is 4.04. The molecular formula is C20H20ClNO4S. The van der Waals surface area contributed by atoms with E-state index in [1.54, 1.807) is 61.5 Å². The molecule has 2 rings (SSSR count). The maximum absolute atomic E-state index is 12.8. The molecule has 0 N–H and O–H groups in total. The number of sulfone groups is 1. The molecule has 5 nitrogen and oxygen atoms in total. The fourth-order valence-corrected chi connectivity index (χ4v) is 4.67. The summed E-state index contributed by atoms with van der Waals surface area (Å²) in [5.41, 5.74) is 1.20. The number of carbonyl (C=O) groups is 1. The molecule has 0 fully saturated rings. The first-order chi connectivity index (χ1) is 12.9. The maximum Gasteiger partial charge on any atom is 0.323 e. The first-order valence-electron chi connectivity index (χ1n) is 8.42. The van der Waals surface area contributed by atoms with E-state index in [2.05, 4.69) is 0 Å². The molecule has 27 heavy (non-hydrogen) atoms. The zero-order valence-electron chi connectivity index (χ0n) is 14.8. The number of nitrogens with zero attached hydrogens (tertiary/aromatic N) is 1. The molecule has 0 saturated carbocycles. The van der Waals surface area contributed by atoms with Gasteiger partial charge in [-0.2, -0.15) is 5.26 Å². The Morgan fingerprint density at radius 2 is 1.78 bits per heavy atom. The molecule has 0 saturated heterocycles. The molecule has 2 atom stereocenters. The summed E-state index contributed by atoms with van der Waals surface area (Å²) in [6, 6.07) is 17.2. The molecule has 0 aliphatic carbocycles. The molecule has 0 radical (unpaired) electrons. The number of hydrogen-bond acceptors (Lipinski definition) is 5. The van der Waals surface area contributed by atoms with Crippen LogP contribution < -0.4 is 0 Å². The number of ether oxygens (including phenoxy) is 1. The van der Waals surface area contributed by atoms with Crippen LogP contribution in [0.2, 0.25) is 5.02 Å². The molecular weight excluding hydrogens is 386 g/mol. The van der Waals surface area contributed by atoms with Crippen molar-refractivity contribution in [3.63, 3.8) is 0 Å². The number of halogens is 1. The Hall–Kier alpha value is -2.36. The summed E-state index contributed by atoms with van der Waals surface area (Å²) in [5.74, 6) is -3.26. The largest absolute Gasteiger partial charge is 0.465 e. The van der Waals surface area contributed by atoms with E-state index in [1.165, 1.54) is 0 Å². The predicted molar refractivity (Wildman–Crippen MR) is 104 cm³/mol. The van der Waals surface area contributed by atoms with Crippen LogP contribution in [0.1, 0.15) is 24.0 Å². The van der Waals surface area contributed by atoms with Gasteiger partial charge in [0.1, 0.15) is 0 Å². The minimum Gasteiger partial charge on any atom is -0.465 e. The lowest BCUT2D eigenvalue weighted by molar-refractivity contribution is -0.146. The van der Waals surface area contributed by atoms with Crippen molar-refractivity contribution in [3.05, 3.63) is 70.7 Å². The van der Waals surface area contributed by atoms with Crippen LogP contribution in [0, 0.1) is 17.2 Å². The fraction of sp³-hybridized carbons (Fsp3) is 0.300. The van der Waals surface area contributed by atoms with E-state index in [-0.39, 0.29) is 18.1 Å². The molecule has 0 heterocycles. The molecule has 142 valence electrons. The van der Waals surface area contributed by atoms with E-state index in [4.69, 9.17) is 16.3 Å². The Morgan fingerprint density at radius 1 is 1.15 bits per heavy atom. The summed E-state index contributed by atoms with van der Waals surface area (Å²) in [5, 5.41) is 10.0. The first-order valence-corrected chi connectivity index (χ1v) is 10.6. The lowest BCUT2D eigenvalue weighted by atomic mass is 9.88. The normalized spacial score (nSPS) is 13.4. The highest BCUT2D eigenvalue weighted by Crippen LogP contribution is 2.28. The van der Waals surface area contributed by atoms with Gasteiger partial charge in [-0.3, -0.25) is 4.79 Å². The lowest BCUT2D eigenvalue weighted by Crippen LogP contribution is -2.29. The van der Waals surface area contributed by atoms with Gasteiger partial charge in [0.25, 0.3) is 0 Å². The number of esters is 1. The molecule has 2 aromatic carbocycles. The van der Waals surface area contributed by atoms with Gasteiger partial charge in [-0.15, -0.1) is 0 Å². The zero-order chi connectivity index (χ0) is 19.9. The number of benzene rings is 2. The van der Waals surface area contributed by atoms with E-state index in [0.29, 0.717) is 16.1 Å². The monoisotopic (exact) mass is 405 g/mol. The quantitative estimate of drug-likeness (QED) is 0.624. The van der Waals surface area contributed by atoms with E-state index in [1.807, 2.05) is 6.07 Å². The van der Waals surface area contributed by atoms with Crippen molar-refractivity contribution in [2.45, 2.75) is 18.6 Å². The summed E-state index contributed by atoms with van der Waals surface area (Å²) in [4.78, 5) is 12.2. The van der Waals surface area contributed by atoms with E-state index >= 15 is 0 Å². The van der Waals surface area contributed by atoms with Crippen molar-refractivity contribution < 1.29 is 17.9 Å². The minimum absolute atomic E-state index is 0.121. The van der Waals surface area contributed by atoms with Gasteiger partial charge >= 0.3 is 5.97 Å². The summed E-state index contributed by atoms with van der Waals surface area (Å²) in [6.07, 6.45) is 0. The van der Waals surface area contributed by atoms with Gasteiger partial charge in [0.15, 0.2) is 15.8 Å². The Balaban J connectivity index is 2.31. The van der Waals surface area contributed by atoms with Crippen molar-refractivity contribution in [2.75, 3.05) is 12.4 Å². The van der Waals surface area contributed by atoms with Gasteiger partial charge in [-0.25, -0.2) is 8.42 Å². The molecule has 0 spiro atoms. The van der Waals surface area contributed by atoms with Crippen molar-refractivity contribution in [2.24, 2.45) is 5.92 Å². The lowest BCUT2D eigenvalue weighted by Gasteiger charge is -2.21. The van der Waals surface area contributed by atoms with Crippen LogP contribution in [0.15, 0.2) is 54.6 Å². The number of nitriles is 1. The highest BCUT2D eigenvalue weighted by molar-refractivity contribution is 7.90. The molecule has 7 heteroatoms. The zero-order valence-corrected chi connectivity index (χ0v) is 16.4. The second-order valence-corrected chi connectivity index (χ2v) is 8.60. The number of carbonyl (C=O) groups excluding carboxylic acids is 1. The van der Waals surface area contributed by atoms with E-state index in [9.17, 15) is 18.5 Å². The van der Waals surface area contributed by atoms with Crippen LogP contribution in [0.5, 0.6) is 0 Å². The third-order valence-corrected chi connectivity index (χ3v) is 5.94. The third kappa shape index (κ3) is 6.09. The smallest absolute Gasteiger partial charge is 0.323 e. The molecule has 0 aliphatic heterocycles. The van der Waals surface area contributed by atoms with Gasteiger partial charge in [-0.05, 0) is 30.2 Å². The van der Waals surface area contributed by atoms with Crippen LogP contribution >= 0.6 is 11.6 Å². The van der Waals surface area contributed by atoms with Gasteiger partial charge in [0.2, 0.25) is 0 Å². The van der Waals surface area contributed by atoms with Gasteiger partial charge < -0.3 is 4.74 Å². The van der Waals surface area contributed by atoms with Crippen molar-refractivity contribution in [3.8, 4) is 6.07 Å². The van der Waals surface area contributed by atoms with Crippen molar-refractivity contribution in [1.82, 2.24) is 0 Å². The molecule has 2 unspecified atom stereocenters. The summed E-state index contributed by atoms with van der Waals surface area (Å²) < 4.78 is 30.5. The molecule has 0 aromatic heterocycles. The van der Waals surface area contributed by atoms with Gasteiger partial charge in [0, 0.05) is 10.9 Å². The summed E-state index contributed by atoms with van der Waals surface area (Å²) in [7, 11) is -3.60. The highest BCUT2D eigenvalue weighted by atomic mass is 35.5. The second kappa shape index (κ2) is 9.54. The van der Waals surface area contributed by atoms with Crippen molar-refractivity contribution in [1.29, 1.82) is 5.26 Å². The van der Waals surface area contributed by atoms with Crippen LogP contribution in [0.3, 0.4) is 0 Å². The summed E-state index contributed by atoms with van der Waals surface area (Å²) >= 11 is 5.84. The Kier molecular flexibility index (Phi) is 7.40. The van der Waals surface area contributed by atoms with E-state index in [0.717, 1.165) is 0 Å². The molecule has 0 aliphatic rings. The number of rotatable bonds is 8. The standard InChI is InChI=1S/C20H20ClNO4S/c1-2-26-20(23)18(12-22)19(16-6-4-3-5-7-16)14-27(24,25)13-15-8-10-17(21)11-9-15/h3-11,18-19H,2,13-14H2,1H3. The van der Waals surface area contributed by atoms with Crippen molar-refractivity contribution >= 4 is 27.4 Å². The maximum atomic E-state index is 12.8. The summed E-state index contributed by atoms with van der Waals surface area (Å²) in [6.45, 7) is 1.76. The second-order valence-electron chi connectivity index (χ2n) is 6.06. The highest BCUT2D eigenvalue weighted by Gasteiger charge is 2.34. The van der Waals surface area contributed by atoms with Crippen LogP contribution in [-0.2, 0) is 25.1 Å². The predicted octanol–water partition coefficient (Wildman–Crippen LogP) is 3.74. The Morgan fingerprint density at radius 3 is 2.33 bits per heavy atom. The topological polar surface area (TPSA) is 84.2 Å². The fourth-order valence-electron chi connectivity index (χ4n) is 2.79.